The summed E-state index contributed by atoms with van der Waals surface area (Å²) in [5, 5.41) is 16.2. The van der Waals surface area contributed by atoms with Crippen molar-refractivity contribution >= 4 is 33.0 Å². The summed E-state index contributed by atoms with van der Waals surface area (Å²) in [6, 6.07) is 3.78. The number of aliphatic carboxylic acids is 1. The van der Waals surface area contributed by atoms with Gasteiger partial charge in [0.05, 0.1) is 0 Å². The van der Waals surface area contributed by atoms with Crippen LogP contribution in [0.25, 0.3) is 15.7 Å². The minimum Gasteiger partial charge on any atom is -0.480 e. The Morgan fingerprint density at radius 3 is 3.00 bits per heavy atom. The molecule has 1 fully saturated rings. The third kappa shape index (κ3) is 1.59. The molecule has 6 nitrogen and oxygen atoms in total. The molecule has 0 spiro atoms. The summed E-state index contributed by atoms with van der Waals surface area (Å²) < 4.78 is 2.97. The van der Waals surface area contributed by atoms with Gasteiger partial charge < -0.3 is 5.11 Å². The first-order valence-electron chi connectivity index (χ1n) is 6.36. The fourth-order valence-electron chi connectivity index (χ4n) is 2.50. The molecule has 0 aliphatic heterocycles. The van der Waals surface area contributed by atoms with Crippen LogP contribution in [0.15, 0.2) is 22.3 Å². The molecule has 0 saturated heterocycles. The van der Waals surface area contributed by atoms with Crippen molar-refractivity contribution in [2.75, 3.05) is 0 Å². The van der Waals surface area contributed by atoms with Gasteiger partial charge in [0, 0.05) is 11.3 Å². The lowest BCUT2D eigenvalue weighted by Crippen LogP contribution is -2.29. The first-order chi connectivity index (χ1) is 9.65. The van der Waals surface area contributed by atoms with Crippen LogP contribution in [0.5, 0.6) is 0 Å². The lowest BCUT2D eigenvalue weighted by atomic mass is 10.4. The molecule has 1 aliphatic carbocycles. The summed E-state index contributed by atoms with van der Waals surface area (Å²) >= 11 is 1.57. The lowest BCUT2D eigenvalue weighted by molar-refractivity contribution is -0.138. The summed E-state index contributed by atoms with van der Waals surface area (Å²) in [6.07, 6.45) is 2.08. The van der Waals surface area contributed by atoms with Crippen molar-refractivity contribution < 1.29 is 9.90 Å². The molecule has 3 aromatic heterocycles. The quantitative estimate of drug-likeness (QED) is 0.795. The first kappa shape index (κ1) is 11.7. The number of hydrogen-bond donors (Lipinski definition) is 1. The van der Waals surface area contributed by atoms with Gasteiger partial charge in [0.1, 0.15) is 22.7 Å². The minimum absolute atomic E-state index is 0.329. The van der Waals surface area contributed by atoms with Gasteiger partial charge in [-0.1, -0.05) is 0 Å². The molecule has 0 aromatic carbocycles. The Morgan fingerprint density at radius 1 is 1.50 bits per heavy atom. The molecule has 3 heterocycles. The van der Waals surface area contributed by atoms with E-state index in [0.717, 1.165) is 33.6 Å². The number of carbonyl (C=O) groups is 1. The number of fused-ring (bicyclic) bond motifs is 3. The van der Waals surface area contributed by atoms with Crippen LogP contribution in [0, 0.1) is 0 Å². The van der Waals surface area contributed by atoms with Gasteiger partial charge in [0.15, 0.2) is 0 Å². The molecule has 1 N–H and O–H groups in total. The van der Waals surface area contributed by atoms with E-state index >= 15 is 0 Å². The monoisotopic (exact) mass is 289 g/mol. The molecular formula is C13H11N3O3S. The fourth-order valence-corrected chi connectivity index (χ4v) is 3.40. The van der Waals surface area contributed by atoms with Gasteiger partial charge in [0.25, 0.3) is 5.56 Å². The van der Waals surface area contributed by atoms with Gasteiger partial charge in [-0.15, -0.1) is 11.3 Å². The standard InChI is InChI=1S/C13H11N3O3S/c17-10(18)6-15-12(19)9-5-8-3-4-20-13(8)16(9)11(14-15)7-1-2-7/h3-5,7H,1-2,6H2,(H,17,18). The molecule has 102 valence electrons. The predicted molar refractivity (Wildman–Crippen MR) is 74.4 cm³/mol. The molecule has 4 rings (SSSR count). The highest BCUT2D eigenvalue weighted by Crippen LogP contribution is 2.40. The molecule has 0 radical (unpaired) electrons. The summed E-state index contributed by atoms with van der Waals surface area (Å²) in [4.78, 5) is 24.2. The van der Waals surface area contributed by atoms with E-state index in [9.17, 15) is 9.59 Å². The van der Waals surface area contributed by atoms with E-state index in [-0.39, 0.29) is 5.56 Å². The average molecular weight is 289 g/mol. The molecular weight excluding hydrogens is 278 g/mol. The highest BCUT2D eigenvalue weighted by Gasteiger charge is 2.30. The van der Waals surface area contributed by atoms with Gasteiger partial charge >= 0.3 is 5.97 Å². The Hall–Kier alpha value is -2.15. The van der Waals surface area contributed by atoms with E-state index in [1.54, 1.807) is 11.3 Å². The van der Waals surface area contributed by atoms with E-state index in [0.29, 0.717) is 11.4 Å². The first-order valence-corrected chi connectivity index (χ1v) is 7.24. The van der Waals surface area contributed by atoms with E-state index in [1.165, 1.54) is 0 Å². The van der Waals surface area contributed by atoms with Crippen LogP contribution in [-0.2, 0) is 11.3 Å². The van der Waals surface area contributed by atoms with Crippen molar-refractivity contribution in [3.8, 4) is 0 Å². The van der Waals surface area contributed by atoms with Gasteiger partial charge in [-0.3, -0.25) is 14.0 Å². The van der Waals surface area contributed by atoms with Gasteiger partial charge in [-0.05, 0) is 30.4 Å². The highest BCUT2D eigenvalue weighted by atomic mass is 32.1. The fraction of sp³-hybridized carbons (Fsp3) is 0.308. The number of carboxylic acid groups (broad SMARTS) is 1. The maximum Gasteiger partial charge on any atom is 0.325 e. The maximum absolute atomic E-state index is 12.3. The minimum atomic E-state index is -1.06. The zero-order chi connectivity index (χ0) is 13.9. The normalized spacial score (nSPS) is 15.2. The van der Waals surface area contributed by atoms with E-state index in [2.05, 4.69) is 5.10 Å². The van der Waals surface area contributed by atoms with Crippen LogP contribution < -0.4 is 5.56 Å². The second-order valence-electron chi connectivity index (χ2n) is 5.04. The molecule has 7 heteroatoms. The third-order valence-electron chi connectivity index (χ3n) is 3.54. The Kier molecular flexibility index (Phi) is 2.29. The average Bonchev–Trinajstić information content (AvgIpc) is 3.02. The Balaban J connectivity index is 2.10. The zero-order valence-corrected chi connectivity index (χ0v) is 11.3. The molecule has 0 amide bonds. The molecule has 0 bridgehead atoms. The largest absolute Gasteiger partial charge is 0.480 e. The molecule has 3 aromatic rings. The summed E-state index contributed by atoms with van der Waals surface area (Å²) in [5.74, 6) is 0.0770. The Labute approximate surface area is 116 Å². The van der Waals surface area contributed by atoms with Crippen molar-refractivity contribution in [3.05, 3.63) is 33.7 Å². The number of hydrogen-bond acceptors (Lipinski definition) is 4. The van der Waals surface area contributed by atoms with Crippen LogP contribution in [-0.4, -0.2) is 25.3 Å². The van der Waals surface area contributed by atoms with Crippen molar-refractivity contribution in [3.63, 3.8) is 0 Å². The van der Waals surface area contributed by atoms with E-state index in [1.807, 2.05) is 21.9 Å². The topological polar surface area (TPSA) is 76.6 Å². The summed E-state index contributed by atoms with van der Waals surface area (Å²) in [6.45, 7) is -0.395. The predicted octanol–water partition coefficient (Wildman–Crippen LogP) is 1.67. The van der Waals surface area contributed by atoms with Crippen LogP contribution in [0.3, 0.4) is 0 Å². The van der Waals surface area contributed by atoms with Gasteiger partial charge in [-0.2, -0.15) is 5.10 Å². The second kappa shape index (κ2) is 3.92. The van der Waals surface area contributed by atoms with Crippen molar-refractivity contribution in [1.82, 2.24) is 14.2 Å². The number of nitrogens with zero attached hydrogens (tertiary/aromatic N) is 3. The van der Waals surface area contributed by atoms with E-state index in [4.69, 9.17) is 5.11 Å². The summed E-state index contributed by atoms with van der Waals surface area (Å²) in [5.41, 5.74) is 0.171. The van der Waals surface area contributed by atoms with Crippen LogP contribution in [0.2, 0.25) is 0 Å². The molecule has 20 heavy (non-hydrogen) atoms. The summed E-state index contributed by atoms with van der Waals surface area (Å²) in [7, 11) is 0. The number of carboxylic acids is 1. The van der Waals surface area contributed by atoms with Crippen molar-refractivity contribution in [2.45, 2.75) is 25.3 Å². The number of rotatable bonds is 3. The highest BCUT2D eigenvalue weighted by molar-refractivity contribution is 7.16. The van der Waals surface area contributed by atoms with Gasteiger partial charge in [0.2, 0.25) is 0 Å². The van der Waals surface area contributed by atoms with E-state index < -0.39 is 12.5 Å². The van der Waals surface area contributed by atoms with Crippen LogP contribution >= 0.6 is 11.3 Å². The molecule has 0 unspecified atom stereocenters. The third-order valence-corrected chi connectivity index (χ3v) is 4.46. The number of aromatic nitrogens is 3. The van der Waals surface area contributed by atoms with Gasteiger partial charge in [-0.25, -0.2) is 4.68 Å². The van der Waals surface area contributed by atoms with Crippen LogP contribution in [0.4, 0.5) is 0 Å². The maximum atomic E-state index is 12.3. The lowest BCUT2D eigenvalue weighted by Gasteiger charge is -2.08. The Bertz CT molecular complexity index is 901. The Morgan fingerprint density at radius 2 is 2.30 bits per heavy atom. The van der Waals surface area contributed by atoms with Crippen LogP contribution in [0.1, 0.15) is 24.6 Å². The molecule has 1 aliphatic rings. The smallest absolute Gasteiger partial charge is 0.325 e. The van der Waals surface area contributed by atoms with Crippen molar-refractivity contribution in [1.29, 1.82) is 0 Å². The second-order valence-corrected chi connectivity index (χ2v) is 5.93. The zero-order valence-electron chi connectivity index (χ0n) is 10.4. The molecule has 1 saturated carbocycles. The number of thiophene rings is 1. The van der Waals surface area contributed by atoms with Crippen molar-refractivity contribution in [2.24, 2.45) is 0 Å². The molecule has 0 atom stereocenters. The SMILES string of the molecule is O=C(O)Cn1nc(C2CC2)n2c(cc3ccsc32)c1=O.